The molecular formula is C12H22S. The van der Waals surface area contributed by atoms with Crippen molar-refractivity contribution < 1.29 is 0 Å². The van der Waals surface area contributed by atoms with Gasteiger partial charge in [-0.3, -0.25) is 0 Å². The highest BCUT2D eigenvalue weighted by Crippen LogP contribution is 2.43. The van der Waals surface area contributed by atoms with Crippen LogP contribution in [0.2, 0.25) is 0 Å². The van der Waals surface area contributed by atoms with Crippen LogP contribution in [0.3, 0.4) is 0 Å². The standard InChI is InChI=1S/C12H22S/c1-6-9-10(12(3,4)5)8-13-11(9)7-2/h11H,6-8H2,1-5H3. The fraction of sp³-hybridized carbons (Fsp3) is 0.833. The molecule has 0 aliphatic carbocycles. The number of hydrogen-bond donors (Lipinski definition) is 0. The van der Waals surface area contributed by atoms with Crippen molar-refractivity contribution >= 4 is 11.8 Å². The quantitative estimate of drug-likeness (QED) is 0.597. The average Bonchev–Trinajstić information content (AvgIpc) is 2.45. The zero-order chi connectivity index (χ0) is 10.1. The van der Waals surface area contributed by atoms with Gasteiger partial charge in [-0.15, -0.1) is 11.8 Å². The van der Waals surface area contributed by atoms with Crippen LogP contribution in [0.1, 0.15) is 47.5 Å². The maximum Gasteiger partial charge on any atom is 0.0260 e. The highest BCUT2D eigenvalue weighted by Gasteiger charge is 2.29. The van der Waals surface area contributed by atoms with Crippen LogP contribution in [0.4, 0.5) is 0 Å². The first-order valence-corrected chi connectivity index (χ1v) is 6.39. The van der Waals surface area contributed by atoms with Gasteiger partial charge in [-0.25, -0.2) is 0 Å². The topological polar surface area (TPSA) is 0 Å². The maximum absolute atomic E-state index is 2.34. The van der Waals surface area contributed by atoms with Gasteiger partial charge in [0.1, 0.15) is 0 Å². The Labute approximate surface area is 87.2 Å². The molecule has 0 fully saturated rings. The Bertz CT molecular complexity index is 208. The first-order chi connectivity index (χ1) is 6.00. The van der Waals surface area contributed by atoms with E-state index in [-0.39, 0.29) is 0 Å². The minimum Gasteiger partial charge on any atom is -0.150 e. The van der Waals surface area contributed by atoms with Gasteiger partial charge in [-0.05, 0) is 18.3 Å². The van der Waals surface area contributed by atoms with E-state index in [1.54, 1.807) is 11.1 Å². The predicted octanol–water partition coefficient (Wildman–Crippen LogP) is 4.26. The van der Waals surface area contributed by atoms with Crippen LogP contribution in [0.25, 0.3) is 0 Å². The first-order valence-electron chi connectivity index (χ1n) is 5.34. The third kappa shape index (κ3) is 2.31. The largest absolute Gasteiger partial charge is 0.150 e. The Hall–Kier alpha value is 0.0900. The minimum atomic E-state index is 0.391. The average molecular weight is 198 g/mol. The van der Waals surface area contributed by atoms with Gasteiger partial charge in [0.25, 0.3) is 0 Å². The fourth-order valence-corrected chi connectivity index (χ4v) is 3.81. The maximum atomic E-state index is 2.34. The molecule has 0 saturated heterocycles. The summed E-state index contributed by atoms with van der Waals surface area (Å²) < 4.78 is 0. The molecule has 1 aliphatic rings. The lowest BCUT2D eigenvalue weighted by Gasteiger charge is -2.22. The SMILES string of the molecule is CCC1=C(C(C)(C)C)CSC1CC. The van der Waals surface area contributed by atoms with Gasteiger partial charge in [0.2, 0.25) is 0 Å². The van der Waals surface area contributed by atoms with E-state index in [2.05, 4.69) is 46.4 Å². The van der Waals surface area contributed by atoms with Crippen LogP contribution >= 0.6 is 11.8 Å². The molecule has 0 bridgehead atoms. The minimum absolute atomic E-state index is 0.391. The zero-order valence-corrected chi connectivity index (χ0v) is 10.4. The molecule has 76 valence electrons. The molecule has 0 amide bonds. The first kappa shape index (κ1) is 11.2. The van der Waals surface area contributed by atoms with Gasteiger partial charge in [-0.2, -0.15) is 0 Å². The second-order valence-electron chi connectivity index (χ2n) is 4.82. The Morgan fingerprint density at radius 1 is 1.31 bits per heavy atom. The zero-order valence-electron chi connectivity index (χ0n) is 9.61. The molecule has 0 aromatic rings. The summed E-state index contributed by atoms with van der Waals surface area (Å²) >= 11 is 2.14. The molecule has 1 heterocycles. The van der Waals surface area contributed by atoms with Gasteiger partial charge < -0.3 is 0 Å². The highest BCUT2D eigenvalue weighted by atomic mass is 32.2. The lowest BCUT2D eigenvalue weighted by Crippen LogP contribution is -2.12. The summed E-state index contributed by atoms with van der Waals surface area (Å²) in [5.41, 5.74) is 3.84. The Morgan fingerprint density at radius 2 is 1.92 bits per heavy atom. The second kappa shape index (κ2) is 4.08. The molecule has 1 unspecified atom stereocenters. The molecule has 0 radical (unpaired) electrons. The van der Waals surface area contributed by atoms with E-state index < -0.39 is 0 Å². The van der Waals surface area contributed by atoms with E-state index in [9.17, 15) is 0 Å². The predicted molar refractivity (Wildman–Crippen MR) is 63.3 cm³/mol. The van der Waals surface area contributed by atoms with Gasteiger partial charge in [-0.1, -0.05) is 45.8 Å². The van der Waals surface area contributed by atoms with Gasteiger partial charge in [0.15, 0.2) is 0 Å². The molecule has 1 atom stereocenters. The lowest BCUT2D eigenvalue weighted by atomic mass is 9.82. The van der Waals surface area contributed by atoms with Crippen molar-refractivity contribution in [1.82, 2.24) is 0 Å². The van der Waals surface area contributed by atoms with Crippen LogP contribution in [0.5, 0.6) is 0 Å². The molecule has 0 saturated carbocycles. The van der Waals surface area contributed by atoms with Crippen molar-refractivity contribution in [3.05, 3.63) is 11.1 Å². The van der Waals surface area contributed by atoms with E-state index in [1.807, 2.05) is 0 Å². The third-order valence-electron chi connectivity index (χ3n) is 2.86. The number of rotatable bonds is 2. The monoisotopic (exact) mass is 198 g/mol. The second-order valence-corrected chi connectivity index (χ2v) is 6.01. The molecule has 0 aromatic heterocycles. The summed E-state index contributed by atoms with van der Waals surface area (Å²) in [6.45, 7) is 11.6. The Kier molecular flexibility index (Phi) is 3.50. The summed E-state index contributed by atoms with van der Waals surface area (Å²) in [6.07, 6.45) is 2.55. The van der Waals surface area contributed by atoms with E-state index in [0.717, 1.165) is 5.25 Å². The van der Waals surface area contributed by atoms with Crippen LogP contribution in [-0.4, -0.2) is 11.0 Å². The van der Waals surface area contributed by atoms with Crippen LogP contribution in [0, 0.1) is 5.41 Å². The lowest BCUT2D eigenvalue weighted by molar-refractivity contribution is 0.499. The van der Waals surface area contributed by atoms with Crippen molar-refractivity contribution in [1.29, 1.82) is 0 Å². The smallest absolute Gasteiger partial charge is 0.0260 e. The highest BCUT2D eigenvalue weighted by molar-refractivity contribution is 8.00. The van der Waals surface area contributed by atoms with Crippen LogP contribution < -0.4 is 0 Å². The fourth-order valence-electron chi connectivity index (χ4n) is 2.08. The summed E-state index contributed by atoms with van der Waals surface area (Å²) in [4.78, 5) is 0. The summed E-state index contributed by atoms with van der Waals surface area (Å²) in [5, 5.41) is 0.819. The molecule has 1 aliphatic heterocycles. The molecule has 13 heavy (non-hydrogen) atoms. The Morgan fingerprint density at radius 3 is 2.31 bits per heavy atom. The van der Waals surface area contributed by atoms with E-state index in [1.165, 1.54) is 18.6 Å². The summed E-state index contributed by atoms with van der Waals surface area (Å²) in [6, 6.07) is 0. The molecule has 0 spiro atoms. The van der Waals surface area contributed by atoms with E-state index >= 15 is 0 Å². The van der Waals surface area contributed by atoms with E-state index in [4.69, 9.17) is 0 Å². The molecule has 1 rings (SSSR count). The molecule has 0 N–H and O–H groups in total. The van der Waals surface area contributed by atoms with Crippen molar-refractivity contribution in [3.8, 4) is 0 Å². The summed E-state index contributed by atoms with van der Waals surface area (Å²) in [5.74, 6) is 1.27. The van der Waals surface area contributed by atoms with Crippen molar-refractivity contribution in [2.45, 2.75) is 52.7 Å². The summed E-state index contributed by atoms with van der Waals surface area (Å²) in [7, 11) is 0. The van der Waals surface area contributed by atoms with Crippen LogP contribution in [0.15, 0.2) is 11.1 Å². The van der Waals surface area contributed by atoms with Gasteiger partial charge in [0.05, 0.1) is 0 Å². The molecule has 1 heteroatoms. The van der Waals surface area contributed by atoms with Gasteiger partial charge >= 0.3 is 0 Å². The van der Waals surface area contributed by atoms with E-state index in [0.29, 0.717) is 5.41 Å². The molecule has 0 nitrogen and oxygen atoms in total. The molecular weight excluding hydrogens is 176 g/mol. The van der Waals surface area contributed by atoms with Crippen LogP contribution in [-0.2, 0) is 0 Å². The Balaban J connectivity index is 2.92. The van der Waals surface area contributed by atoms with Gasteiger partial charge in [0, 0.05) is 11.0 Å². The number of hydrogen-bond acceptors (Lipinski definition) is 1. The normalized spacial score (nSPS) is 24.2. The van der Waals surface area contributed by atoms with Crippen molar-refractivity contribution in [2.75, 3.05) is 5.75 Å². The molecule has 0 aromatic carbocycles. The van der Waals surface area contributed by atoms with Crippen molar-refractivity contribution in [2.24, 2.45) is 5.41 Å². The number of thioether (sulfide) groups is 1. The van der Waals surface area contributed by atoms with Crippen molar-refractivity contribution in [3.63, 3.8) is 0 Å². The third-order valence-corrected chi connectivity index (χ3v) is 4.34.